The lowest BCUT2D eigenvalue weighted by Gasteiger charge is -2.07. The Morgan fingerprint density at radius 2 is 1.68 bits per heavy atom. The zero-order valence-electron chi connectivity index (χ0n) is 15.5. The fourth-order valence-corrected chi connectivity index (χ4v) is 5.75. The van der Waals surface area contributed by atoms with E-state index in [1.54, 1.807) is 24.9 Å². The van der Waals surface area contributed by atoms with Gasteiger partial charge in [0.1, 0.15) is 11.5 Å². The summed E-state index contributed by atoms with van der Waals surface area (Å²) in [5.74, 6) is 2.70. The maximum absolute atomic E-state index is 12.0. The van der Waals surface area contributed by atoms with Gasteiger partial charge in [-0.2, -0.15) is 0 Å². The molecule has 0 aliphatic rings. The monoisotopic (exact) mass is 457 g/mol. The lowest BCUT2D eigenvalue weighted by atomic mass is 10.2. The number of sulfonamides is 1. The molecule has 0 spiro atoms. The van der Waals surface area contributed by atoms with E-state index in [9.17, 15) is 8.42 Å². The van der Waals surface area contributed by atoms with Crippen LogP contribution >= 0.6 is 34.9 Å². The second-order valence-electron chi connectivity index (χ2n) is 5.77. The van der Waals surface area contributed by atoms with Gasteiger partial charge in [-0.05, 0) is 29.8 Å². The highest BCUT2D eigenvalue weighted by Gasteiger charge is 2.21. The predicted octanol–water partition coefficient (Wildman–Crippen LogP) is 3.97. The molecule has 0 N–H and O–H groups in total. The molecule has 0 radical (unpaired) electrons. The number of nitrogens with zero attached hydrogens (tertiary/aromatic N) is 3. The lowest BCUT2D eigenvalue weighted by Crippen LogP contribution is -2.21. The summed E-state index contributed by atoms with van der Waals surface area (Å²) < 4.78 is 37.5. The molecule has 0 fully saturated rings. The first-order valence-electron chi connectivity index (χ1n) is 8.12. The van der Waals surface area contributed by atoms with E-state index in [1.807, 2.05) is 24.3 Å². The van der Waals surface area contributed by atoms with Crippen molar-refractivity contribution in [3.8, 4) is 5.75 Å². The number of aromatic nitrogens is 2. The van der Waals surface area contributed by atoms with E-state index in [2.05, 4.69) is 10.2 Å². The Morgan fingerprint density at radius 3 is 2.29 bits per heavy atom. The van der Waals surface area contributed by atoms with Gasteiger partial charge >= 0.3 is 0 Å². The first-order chi connectivity index (χ1) is 13.4. The van der Waals surface area contributed by atoms with Crippen LogP contribution in [-0.4, -0.2) is 44.1 Å². The van der Waals surface area contributed by atoms with E-state index < -0.39 is 10.0 Å². The Kier molecular flexibility index (Phi) is 7.05. The smallest absolute Gasteiger partial charge is 0.275 e. The molecule has 0 saturated carbocycles. The summed E-state index contributed by atoms with van der Waals surface area (Å²) in [7, 11) is 1.04. The van der Waals surface area contributed by atoms with E-state index in [0.29, 0.717) is 11.5 Å². The van der Waals surface area contributed by atoms with Crippen LogP contribution in [0.1, 0.15) is 11.3 Å². The highest BCUT2D eigenvalue weighted by atomic mass is 32.2. The normalized spacial score (nSPS) is 11.9. The topological polar surface area (TPSA) is 85.5 Å². The van der Waals surface area contributed by atoms with Gasteiger partial charge in [0.05, 0.1) is 12.9 Å². The number of ether oxygens (including phenoxy) is 1. The quantitative estimate of drug-likeness (QED) is 0.446. The molecule has 3 rings (SSSR count). The summed E-state index contributed by atoms with van der Waals surface area (Å²) in [6.07, 6.45) is 0. The SMILES string of the molecule is COc1ccc(CSc2nnc(SCc3ccc(S(=O)(=O)N(C)C)o3)s2)cc1. The molecule has 0 aliphatic carbocycles. The van der Waals surface area contributed by atoms with Gasteiger partial charge in [0.25, 0.3) is 10.0 Å². The molecular formula is C17H19N3O4S4. The molecule has 28 heavy (non-hydrogen) atoms. The van der Waals surface area contributed by atoms with Crippen molar-refractivity contribution in [1.29, 1.82) is 0 Å². The van der Waals surface area contributed by atoms with E-state index >= 15 is 0 Å². The van der Waals surface area contributed by atoms with Crippen LogP contribution in [0.25, 0.3) is 0 Å². The summed E-state index contributed by atoms with van der Waals surface area (Å²) in [6, 6.07) is 11.1. The summed E-state index contributed by atoms with van der Waals surface area (Å²) in [5, 5.41) is 8.32. The maximum atomic E-state index is 12.0. The van der Waals surface area contributed by atoms with E-state index in [1.165, 1.54) is 48.8 Å². The molecule has 0 aliphatic heterocycles. The Morgan fingerprint density at radius 1 is 1.04 bits per heavy atom. The number of methoxy groups -OCH3 is 1. The highest BCUT2D eigenvalue weighted by molar-refractivity contribution is 8.02. The molecule has 0 amide bonds. The number of furan rings is 1. The molecule has 0 bridgehead atoms. The molecule has 11 heteroatoms. The molecule has 1 aromatic carbocycles. The molecule has 0 atom stereocenters. The third-order valence-electron chi connectivity index (χ3n) is 3.62. The van der Waals surface area contributed by atoms with Crippen molar-refractivity contribution in [2.75, 3.05) is 21.2 Å². The van der Waals surface area contributed by atoms with Gasteiger partial charge in [0, 0.05) is 19.8 Å². The van der Waals surface area contributed by atoms with Gasteiger partial charge in [-0.1, -0.05) is 47.0 Å². The highest BCUT2D eigenvalue weighted by Crippen LogP contribution is 2.33. The lowest BCUT2D eigenvalue weighted by molar-refractivity contribution is 0.408. The van der Waals surface area contributed by atoms with Crippen molar-refractivity contribution in [2.24, 2.45) is 0 Å². The van der Waals surface area contributed by atoms with Crippen molar-refractivity contribution in [3.63, 3.8) is 0 Å². The largest absolute Gasteiger partial charge is 0.497 e. The third kappa shape index (κ3) is 5.29. The minimum atomic E-state index is -3.55. The molecule has 0 saturated heterocycles. The number of benzene rings is 1. The fourth-order valence-electron chi connectivity index (χ4n) is 2.07. The van der Waals surface area contributed by atoms with E-state index in [4.69, 9.17) is 9.15 Å². The molecular weight excluding hydrogens is 438 g/mol. The zero-order chi connectivity index (χ0) is 20.1. The molecule has 3 aromatic rings. The van der Waals surface area contributed by atoms with E-state index in [-0.39, 0.29) is 5.09 Å². The van der Waals surface area contributed by atoms with Crippen molar-refractivity contribution >= 4 is 44.9 Å². The van der Waals surface area contributed by atoms with Gasteiger partial charge in [-0.3, -0.25) is 0 Å². The standard InChI is InChI=1S/C17H19N3O4S4/c1-20(2)28(21,22)15-9-8-14(24-15)11-26-17-19-18-16(27-17)25-10-12-4-6-13(23-3)7-5-12/h4-9H,10-11H2,1-3H3. The summed E-state index contributed by atoms with van der Waals surface area (Å²) in [6.45, 7) is 0. The molecule has 2 aromatic heterocycles. The van der Waals surface area contributed by atoms with Crippen molar-refractivity contribution in [1.82, 2.24) is 14.5 Å². The summed E-state index contributed by atoms with van der Waals surface area (Å²) in [5.41, 5.74) is 1.18. The van der Waals surface area contributed by atoms with Crippen LogP contribution in [-0.2, 0) is 21.5 Å². The molecule has 150 valence electrons. The van der Waals surface area contributed by atoms with Crippen LogP contribution in [0, 0.1) is 0 Å². The van der Waals surface area contributed by atoms with Crippen LogP contribution in [0.15, 0.2) is 54.6 Å². The maximum Gasteiger partial charge on any atom is 0.275 e. The fraction of sp³-hybridized carbons (Fsp3) is 0.294. The Hall–Kier alpha value is -1.53. The number of hydrogen-bond acceptors (Lipinski definition) is 9. The minimum absolute atomic E-state index is 0.0545. The number of hydrogen-bond donors (Lipinski definition) is 0. The summed E-state index contributed by atoms with van der Waals surface area (Å²) in [4.78, 5) is 0. The Balaban J connectivity index is 1.53. The van der Waals surface area contributed by atoms with Gasteiger partial charge in [0.2, 0.25) is 5.09 Å². The van der Waals surface area contributed by atoms with Crippen molar-refractivity contribution in [3.05, 3.63) is 47.7 Å². The minimum Gasteiger partial charge on any atom is -0.497 e. The van der Waals surface area contributed by atoms with Crippen LogP contribution in [0.2, 0.25) is 0 Å². The zero-order valence-corrected chi connectivity index (χ0v) is 18.8. The van der Waals surface area contributed by atoms with Crippen LogP contribution in [0.5, 0.6) is 5.75 Å². The first kappa shape index (κ1) is 21.2. The second-order valence-corrected chi connectivity index (χ2v) is 11.3. The summed E-state index contributed by atoms with van der Waals surface area (Å²) >= 11 is 4.60. The molecule has 0 unspecified atom stereocenters. The van der Waals surface area contributed by atoms with Crippen LogP contribution < -0.4 is 4.74 Å². The van der Waals surface area contributed by atoms with Gasteiger partial charge in [0.15, 0.2) is 8.68 Å². The molecule has 2 heterocycles. The average molecular weight is 458 g/mol. The van der Waals surface area contributed by atoms with Crippen molar-refractivity contribution < 1.29 is 17.6 Å². The van der Waals surface area contributed by atoms with Gasteiger partial charge in [-0.15, -0.1) is 10.2 Å². The third-order valence-corrected chi connectivity index (χ3v) is 8.59. The average Bonchev–Trinajstić information content (AvgIpc) is 3.34. The second kappa shape index (κ2) is 9.31. The Labute approximate surface area is 176 Å². The predicted molar refractivity (Wildman–Crippen MR) is 112 cm³/mol. The Bertz CT molecular complexity index is 1010. The van der Waals surface area contributed by atoms with Crippen molar-refractivity contribution in [2.45, 2.75) is 25.3 Å². The van der Waals surface area contributed by atoms with Crippen LogP contribution in [0.3, 0.4) is 0 Å². The van der Waals surface area contributed by atoms with Gasteiger partial charge in [-0.25, -0.2) is 12.7 Å². The first-order valence-corrected chi connectivity index (χ1v) is 12.3. The molecule has 7 nitrogen and oxygen atoms in total. The van der Waals surface area contributed by atoms with Crippen LogP contribution in [0.4, 0.5) is 0 Å². The van der Waals surface area contributed by atoms with Gasteiger partial charge < -0.3 is 9.15 Å². The van der Waals surface area contributed by atoms with E-state index in [0.717, 1.165) is 24.5 Å². The number of rotatable bonds is 9. The number of thioether (sulfide) groups is 2.